The maximum Gasteiger partial charge on any atom is 0.196 e. The van der Waals surface area contributed by atoms with Crippen LogP contribution in [0, 0.1) is 5.92 Å². The van der Waals surface area contributed by atoms with Gasteiger partial charge in [-0.05, 0) is 24.5 Å². The fourth-order valence-electron chi connectivity index (χ4n) is 2.43. The second kappa shape index (κ2) is 6.13. The van der Waals surface area contributed by atoms with Crippen LogP contribution >= 0.6 is 0 Å². The molecule has 0 saturated heterocycles. The standard InChI is InChI=1S/C17H20N4O/c1-11(2)8-19-15-6-5-12(9-20-15)16(22)14-10-21-17-13(14)4-3-7-18-17/h4-6,9-11H,3,7-8H2,1-2H3,(H,18,21)(H,19,20). The molecule has 1 aliphatic rings. The van der Waals surface area contributed by atoms with Gasteiger partial charge in [0.1, 0.15) is 11.3 Å². The van der Waals surface area contributed by atoms with E-state index in [1.807, 2.05) is 12.1 Å². The number of carbonyl (C=O) groups excluding carboxylic acids is 1. The summed E-state index contributed by atoms with van der Waals surface area (Å²) < 4.78 is 0. The van der Waals surface area contributed by atoms with Crippen molar-refractivity contribution in [3.63, 3.8) is 0 Å². The zero-order valence-electron chi connectivity index (χ0n) is 12.9. The lowest BCUT2D eigenvalue weighted by atomic mass is 10.1. The third-order valence-electron chi connectivity index (χ3n) is 3.61. The molecule has 5 heteroatoms. The lowest BCUT2D eigenvalue weighted by molar-refractivity contribution is 0.103. The predicted molar refractivity (Wildman–Crippen MR) is 86.5 cm³/mol. The highest BCUT2D eigenvalue weighted by molar-refractivity contribution is 6.09. The van der Waals surface area contributed by atoms with E-state index in [9.17, 15) is 4.79 Å². The molecule has 0 aliphatic carbocycles. The summed E-state index contributed by atoms with van der Waals surface area (Å²) in [6.07, 6.45) is 6.31. The number of pyridine rings is 1. The number of aromatic nitrogens is 2. The molecule has 0 radical (unpaired) electrons. The third-order valence-corrected chi connectivity index (χ3v) is 3.61. The Morgan fingerprint density at radius 2 is 2.27 bits per heavy atom. The van der Waals surface area contributed by atoms with Gasteiger partial charge in [-0.15, -0.1) is 0 Å². The maximum atomic E-state index is 12.6. The molecule has 0 saturated carbocycles. The Morgan fingerprint density at radius 1 is 1.41 bits per heavy atom. The molecule has 0 bridgehead atoms. The largest absolute Gasteiger partial charge is 0.370 e. The Kier molecular flexibility index (Phi) is 4.04. The number of hydrogen-bond acceptors (Lipinski definition) is 4. The molecule has 0 atom stereocenters. The first-order chi connectivity index (χ1) is 10.6. The molecule has 0 unspecified atom stereocenters. The van der Waals surface area contributed by atoms with Crippen molar-refractivity contribution >= 4 is 17.7 Å². The van der Waals surface area contributed by atoms with Crippen molar-refractivity contribution in [2.75, 3.05) is 18.4 Å². The Labute approximate surface area is 129 Å². The van der Waals surface area contributed by atoms with Crippen LogP contribution in [-0.4, -0.2) is 28.8 Å². The van der Waals surface area contributed by atoms with Gasteiger partial charge in [0.25, 0.3) is 0 Å². The highest BCUT2D eigenvalue weighted by Crippen LogP contribution is 2.09. The summed E-state index contributed by atoms with van der Waals surface area (Å²) >= 11 is 0. The van der Waals surface area contributed by atoms with Crippen molar-refractivity contribution in [1.29, 1.82) is 0 Å². The molecule has 2 N–H and O–H groups in total. The third kappa shape index (κ3) is 2.93. The highest BCUT2D eigenvalue weighted by Gasteiger charge is 2.14. The number of rotatable bonds is 5. The number of aromatic amines is 1. The van der Waals surface area contributed by atoms with E-state index in [4.69, 9.17) is 0 Å². The Balaban J connectivity index is 1.83. The van der Waals surface area contributed by atoms with Gasteiger partial charge in [-0.2, -0.15) is 0 Å². The minimum Gasteiger partial charge on any atom is -0.370 e. The zero-order chi connectivity index (χ0) is 15.5. The maximum absolute atomic E-state index is 12.6. The van der Waals surface area contributed by atoms with Crippen molar-refractivity contribution in [2.24, 2.45) is 10.9 Å². The molecule has 0 spiro atoms. The van der Waals surface area contributed by atoms with Crippen molar-refractivity contribution in [2.45, 2.75) is 20.3 Å². The molecule has 0 aromatic carbocycles. The number of hydrogen-bond donors (Lipinski definition) is 2. The number of ketones is 1. The van der Waals surface area contributed by atoms with Crippen molar-refractivity contribution < 1.29 is 4.79 Å². The molecule has 0 amide bonds. The molecular formula is C17H20N4O. The number of nitrogens with zero attached hydrogens (tertiary/aromatic N) is 2. The van der Waals surface area contributed by atoms with E-state index in [1.54, 1.807) is 12.4 Å². The van der Waals surface area contributed by atoms with E-state index >= 15 is 0 Å². The summed E-state index contributed by atoms with van der Waals surface area (Å²) in [5.41, 5.74) is 2.07. The van der Waals surface area contributed by atoms with Gasteiger partial charge in [-0.25, -0.2) is 4.98 Å². The van der Waals surface area contributed by atoms with Crippen molar-refractivity contribution in [3.05, 3.63) is 46.4 Å². The van der Waals surface area contributed by atoms with Gasteiger partial charge in [-0.3, -0.25) is 9.79 Å². The Morgan fingerprint density at radius 3 is 3.00 bits per heavy atom. The van der Waals surface area contributed by atoms with Crippen LogP contribution < -0.4 is 16.0 Å². The Bertz CT molecular complexity index is 787. The second-order valence-electron chi connectivity index (χ2n) is 5.88. The number of anilines is 1. The van der Waals surface area contributed by atoms with Gasteiger partial charge in [0.15, 0.2) is 5.78 Å². The quantitative estimate of drug-likeness (QED) is 0.822. The molecule has 3 rings (SSSR count). The van der Waals surface area contributed by atoms with Gasteiger partial charge < -0.3 is 10.3 Å². The molecule has 5 nitrogen and oxygen atoms in total. The average molecular weight is 296 g/mol. The van der Waals surface area contributed by atoms with E-state index in [0.717, 1.165) is 36.0 Å². The van der Waals surface area contributed by atoms with Gasteiger partial charge in [0, 0.05) is 41.8 Å². The molecule has 2 aromatic heterocycles. The summed E-state index contributed by atoms with van der Waals surface area (Å²) in [6, 6.07) is 3.67. The second-order valence-corrected chi connectivity index (χ2v) is 5.88. The zero-order valence-corrected chi connectivity index (χ0v) is 12.9. The normalized spacial score (nSPS) is 13.2. The average Bonchev–Trinajstić information content (AvgIpc) is 2.97. The minimum atomic E-state index is -0.0197. The van der Waals surface area contributed by atoms with Crippen LogP contribution in [0.4, 0.5) is 5.82 Å². The first-order valence-corrected chi connectivity index (χ1v) is 7.62. The molecule has 1 aliphatic heterocycles. The van der Waals surface area contributed by atoms with Crippen LogP contribution in [0.15, 0.2) is 29.5 Å². The first kappa shape index (κ1) is 14.5. The molecule has 3 heterocycles. The summed E-state index contributed by atoms with van der Waals surface area (Å²) in [7, 11) is 0. The van der Waals surface area contributed by atoms with E-state index in [-0.39, 0.29) is 5.78 Å². The van der Waals surface area contributed by atoms with Crippen LogP contribution in [-0.2, 0) is 0 Å². The molecular weight excluding hydrogens is 276 g/mol. The molecule has 0 fully saturated rings. The molecule has 114 valence electrons. The predicted octanol–water partition coefficient (Wildman–Crippen LogP) is 1.51. The van der Waals surface area contributed by atoms with Crippen LogP contribution in [0.25, 0.3) is 6.08 Å². The van der Waals surface area contributed by atoms with Gasteiger partial charge in [-0.1, -0.05) is 19.9 Å². The van der Waals surface area contributed by atoms with Gasteiger partial charge in [0.05, 0.1) is 0 Å². The summed E-state index contributed by atoms with van der Waals surface area (Å²) in [6.45, 7) is 5.92. The molecule has 22 heavy (non-hydrogen) atoms. The number of H-pyrrole nitrogens is 1. The monoisotopic (exact) mass is 296 g/mol. The highest BCUT2D eigenvalue weighted by atomic mass is 16.1. The Hall–Kier alpha value is -2.43. The number of fused-ring (bicyclic) bond motifs is 1. The first-order valence-electron chi connectivity index (χ1n) is 7.62. The smallest absolute Gasteiger partial charge is 0.196 e. The molecule has 2 aromatic rings. The van der Waals surface area contributed by atoms with Gasteiger partial charge >= 0.3 is 0 Å². The number of nitrogens with one attached hydrogen (secondary N) is 2. The van der Waals surface area contributed by atoms with E-state index in [2.05, 4.69) is 40.2 Å². The summed E-state index contributed by atoms with van der Waals surface area (Å²) in [4.78, 5) is 24.4. The topological polar surface area (TPSA) is 70.1 Å². The minimum absolute atomic E-state index is 0.0197. The van der Waals surface area contributed by atoms with Crippen molar-refractivity contribution in [1.82, 2.24) is 9.97 Å². The summed E-state index contributed by atoms with van der Waals surface area (Å²) in [5, 5.41) is 4.16. The van der Waals surface area contributed by atoms with E-state index in [1.165, 1.54) is 0 Å². The van der Waals surface area contributed by atoms with Crippen LogP contribution in [0.2, 0.25) is 0 Å². The lowest BCUT2D eigenvalue weighted by Crippen LogP contribution is -2.30. The van der Waals surface area contributed by atoms with Gasteiger partial charge in [0.2, 0.25) is 0 Å². The van der Waals surface area contributed by atoms with E-state index in [0.29, 0.717) is 17.0 Å². The van der Waals surface area contributed by atoms with Crippen LogP contribution in [0.1, 0.15) is 36.2 Å². The van der Waals surface area contributed by atoms with Crippen molar-refractivity contribution in [3.8, 4) is 0 Å². The lowest BCUT2D eigenvalue weighted by Gasteiger charge is -2.08. The van der Waals surface area contributed by atoms with E-state index < -0.39 is 0 Å². The SMILES string of the molecule is CC(C)CNc1ccc(C(=O)c2c[nH]c3c2=CCCN=3)cn1. The summed E-state index contributed by atoms with van der Waals surface area (Å²) in [5.74, 6) is 1.32. The fraction of sp³-hybridized carbons (Fsp3) is 0.353. The fourth-order valence-corrected chi connectivity index (χ4v) is 2.43. The number of carbonyl (C=O) groups is 1. The van der Waals surface area contributed by atoms with Crippen LogP contribution in [0.5, 0.6) is 0 Å². The van der Waals surface area contributed by atoms with Crippen LogP contribution in [0.3, 0.4) is 0 Å².